The van der Waals surface area contributed by atoms with Gasteiger partial charge in [0.25, 0.3) is 0 Å². The van der Waals surface area contributed by atoms with Crippen molar-refractivity contribution in [2.24, 2.45) is 0 Å². The first-order valence-corrected chi connectivity index (χ1v) is 9.78. The van der Waals surface area contributed by atoms with E-state index in [1.165, 1.54) is 18.3 Å². The molecule has 0 fully saturated rings. The van der Waals surface area contributed by atoms with Crippen molar-refractivity contribution in [2.75, 3.05) is 0 Å². The molecule has 144 valence electrons. The smallest absolute Gasteiger partial charge is 0.310 e. The summed E-state index contributed by atoms with van der Waals surface area (Å²) in [6.45, 7) is 3.40. The van der Waals surface area contributed by atoms with E-state index in [-0.39, 0.29) is 18.1 Å². The molecule has 0 radical (unpaired) electrons. The van der Waals surface area contributed by atoms with Crippen LogP contribution in [0.25, 0.3) is 10.8 Å². The molecule has 0 aliphatic rings. The summed E-state index contributed by atoms with van der Waals surface area (Å²) < 4.78 is 5.34. The summed E-state index contributed by atoms with van der Waals surface area (Å²) >= 11 is 1.29. The maximum atomic E-state index is 12.5. The molecule has 1 aromatic heterocycles. The Bertz CT molecular complexity index is 1020. The third kappa shape index (κ3) is 5.04. The quantitative estimate of drug-likeness (QED) is 0.487. The number of rotatable bonds is 7. The zero-order valence-electron chi connectivity index (χ0n) is 15.7. The SMILES string of the molecule is CC(=O)NCc1ccc(C(=O)C(C)OC(=O)Cc2ccc3ccccc3c2)s1. The second-order valence-corrected chi connectivity index (χ2v) is 7.70. The van der Waals surface area contributed by atoms with Gasteiger partial charge in [-0.25, -0.2) is 0 Å². The highest BCUT2D eigenvalue weighted by molar-refractivity contribution is 7.14. The van der Waals surface area contributed by atoms with Crippen molar-refractivity contribution >= 4 is 39.8 Å². The van der Waals surface area contributed by atoms with Crippen LogP contribution in [0.1, 0.15) is 34.0 Å². The first kappa shape index (κ1) is 19.8. The number of amides is 1. The number of carbonyl (C=O) groups excluding carboxylic acids is 3. The third-order valence-electron chi connectivity index (χ3n) is 4.26. The molecule has 0 saturated carbocycles. The molecule has 1 heterocycles. The van der Waals surface area contributed by atoms with Gasteiger partial charge in [0.05, 0.1) is 17.8 Å². The van der Waals surface area contributed by atoms with Crippen LogP contribution in [0.3, 0.4) is 0 Å². The van der Waals surface area contributed by atoms with Crippen LogP contribution in [-0.4, -0.2) is 23.8 Å². The number of benzene rings is 2. The monoisotopic (exact) mass is 395 g/mol. The van der Waals surface area contributed by atoms with Crippen molar-refractivity contribution in [3.63, 3.8) is 0 Å². The molecule has 1 unspecified atom stereocenters. The predicted octanol–water partition coefficient (Wildman–Crippen LogP) is 3.89. The third-order valence-corrected chi connectivity index (χ3v) is 5.36. The van der Waals surface area contributed by atoms with Crippen LogP contribution >= 0.6 is 11.3 Å². The zero-order valence-corrected chi connectivity index (χ0v) is 16.5. The zero-order chi connectivity index (χ0) is 20.1. The fourth-order valence-electron chi connectivity index (χ4n) is 2.83. The van der Waals surface area contributed by atoms with E-state index in [4.69, 9.17) is 4.74 Å². The standard InChI is InChI=1S/C22H21NO4S/c1-14(22(26)20-10-9-19(28-20)13-23-15(2)24)27-21(25)12-16-7-8-17-5-3-4-6-18(17)11-16/h3-11,14H,12-13H2,1-2H3,(H,23,24). The molecule has 3 rings (SSSR count). The van der Waals surface area contributed by atoms with Gasteiger partial charge in [-0.05, 0) is 35.4 Å². The van der Waals surface area contributed by atoms with Gasteiger partial charge in [0.1, 0.15) is 0 Å². The van der Waals surface area contributed by atoms with Gasteiger partial charge in [-0.2, -0.15) is 0 Å². The lowest BCUT2D eigenvalue weighted by Crippen LogP contribution is -2.24. The molecule has 0 bridgehead atoms. The lowest BCUT2D eigenvalue weighted by molar-refractivity contribution is -0.145. The number of carbonyl (C=O) groups is 3. The fraction of sp³-hybridized carbons (Fsp3) is 0.227. The van der Waals surface area contributed by atoms with Crippen molar-refractivity contribution < 1.29 is 19.1 Å². The van der Waals surface area contributed by atoms with Gasteiger partial charge in [-0.15, -0.1) is 11.3 Å². The van der Waals surface area contributed by atoms with Crippen molar-refractivity contribution in [1.82, 2.24) is 5.32 Å². The van der Waals surface area contributed by atoms with Gasteiger partial charge in [0.2, 0.25) is 11.7 Å². The van der Waals surface area contributed by atoms with Crippen LogP contribution in [0.4, 0.5) is 0 Å². The first-order valence-electron chi connectivity index (χ1n) is 8.97. The molecule has 0 aliphatic carbocycles. The molecule has 1 atom stereocenters. The summed E-state index contributed by atoms with van der Waals surface area (Å²) in [6, 6.07) is 17.2. The van der Waals surface area contributed by atoms with Crippen LogP contribution in [0.5, 0.6) is 0 Å². The lowest BCUT2D eigenvalue weighted by atomic mass is 10.1. The molecule has 2 aromatic carbocycles. The molecule has 5 nitrogen and oxygen atoms in total. The summed E-state index contributed by atoms with van der Waals surface area (Å²) in [6.07, 6.45) is -0.749. The van der Waals surface area contributed by atoms with E-state index in [9.17, 15) is 14.4 Å². The highest BCUT2D eigenvalue weighted by Crippen LogP contribution is 2.20. The van der Waals surface area contributed by atoms with Crippen LogP contribution < -0.4 is 5.32 Å². The van der Waals surface area contributed by atoms with E-state index in [0.29, 0.717) is 11.4 Å². The molecular weight excluding hydrogens is 374 g/mol. The molecular formula is C22H21NO4S. The average molecular weight is 395 g/mol. The Balaban J connectivity index is 1.58. The molecule has 6 heteroatoms. The van der Waals surface area contributed by atoms with Crippen LogP contribution in [0.15, 0.2) is 54.6 Å². The number of esters is 1. The Morgan fingerprint density at radius 3 is 2.54 bits per heavy atom. The summed E-state index contributed by atoms with van der Waals surface area (Å²) in [5, 5.41) is 4.86. The second kappa shape index (κ2) is 8.80. The van der Waals surface area contributed by atoms with E-state index >= 15 is 0 Å². The summed E-state index contributed by atoms with van der Waals surface area (Å²) in [4.78, 5) is 37.1. The van der Waals surface area contributed by atoms with Crippen molar-refractivity contribution in [2.45, 2.75) is 32.9 Å². The predicted molar refractivity (Wildman–Crippen MR) is 109 cm³/mol. The van der Waals surface area contributed by atoms with Crippen molar-refractivity contribution in [1.29, 1.82) is 0 Å². The molecule has 0 aliphatic heterocycles. The Kier molecular flexibility index (Phi) is 6.21. The minimum absolute atomic E-state index is 0.112. The van der Waals surface area contributed by atoms with Gasteiger partial charge < -0.3 is 10.1 Å². The normalized spacial score (nSPS) is 11.8. The van der Waals surface area contributed by atoms with Gasteiger partial charge in [-0.1, -0.05) is 42.5 Å². The number of thiophene rings is 1. The van der Waals surface area contributed by atoms with Crippen molar-refractivity contribution in [3.05, 3.63) is 69.9 Å². The highest BCUT2D eigenvalue weighted by Gasteiger charge is 2.21. The summed E-state index contributed by atoms with van der Waals surface area (Å²) in [5.74, 6) is -0.811. The minimum Gasteiger partial charge on any atom is -0.454 e. The van der Waals surface area contributed by atoms with Crippen LogP contribution in [-0.2, 0) is 27.3 Å². The number of hydrogen-bond acceptors (Lipinski definition) is 5. The van der Waals surface area contributed by atoms with Gasteiger partial charge in [0, 0.05) is 11.8 Å². The molecule has 0 saturated heterocycles. The van der Waals surface area contributed by atoms with E-state index in [1.54, 1.807) is 19.1 Å². The maximum Gasteiger partial charge on any atom is 0.310 e. The average Bonchev–Trinajstić information content (AvgIpc) is 3.14. The van der Waals surface area contributed by atoms with E-state index < -0.39 is 12.1 Å². The Morgan fingerprint density at radius 2 is 1.79 bits per heavy atom. The van der Waals surface area contributed by atoms with E-state index in [1.807, 2.05) is 42.5 Å². The topological polar surface area (TPSA) is 72.5 Å². The molecule has 1 N–H and O–H groups in total. The Morgan fingerprint density at radius 1 is 1.04 bits per heavy atom. The second-order valence-electron chi connectivity index (χ2n) is 6.53. The molecule has 1 amide bonds. The van der Waals surface area contributed by atoms with Gasteiger partial charge in [-0.3, -0.25) is 14.4 Å². The van der Waals surface area contributed by atoms with Crippen LogP contribution in [0, 0.1) is 0 Å². The van der Waals surface area contributed by atoms with E-state index in [2.05, 4.69) is 5.32 Å². The number of hydrogen-bond donors (Lipinski definition) is 1. The summed E-state index contributed by atoms with van der Waals surface area (Å²) in [5.41, 5.74) is 0.845. The minimum atomic E-state index is -0.861. The number of ketones is 1. The molecule has 3 aromatic rings. The maximum absolute atomic E-state index is 12.5. The molecule has 0 spiro atoms. The Labute approximate surface area is 167 Å². The molecule has 28 heavy (non-hydrogen) atoms. The van der Waals surface area contributed by atoms with Gasteiger partial charge >= 0.3 is 5.97 Å². The van der Waals surface area contributed by atoms with Gasteiger partial charge in [0.15, 0.2) is 6.10 Å². The highest BCUT2D eigenvalue weighted by atomic mass is 32.1. The number of nitrogens with one attached hydrogen (secondary N) is 1. The largest absolute Gasteiger partial charge is 0.454 e. The lowest BCUT2D eigenvalue weighted by Gasteiger charge is -2.11. The van der Waals surface area contributed by atoms with E-state index in [0.717, 1.165) is 21.2 Å². The number of ether oxygens (including phenoxy) is 1. The first-order chi connectivity index (χ1) is 13.4. The number of fused-ring (bicyclic) bond motifs is 1. The summed E-state index contributed by atoms with van der Waals surface area (Å²) in [7, 11) is 0. The number of Topliss-reactive ketones (excluding diaryl/α,β-unsaturated/α-hetero) is 1. The Hall–Kier alpha value is -2.99. The van der Waals surface area contributed by atoms with Crippen molar-refractivity contribution in [3.8, 4) is 0 Å². The fourth-order valence-corrected chi connectivity index (χ4v) is 3.79. The van der Waals surface area contributed by atoms with Crippen LogP contribution in [0.2, 0.25) is 0 Å².